The predicted molar refractivity (Wildman–Crippen MR) is 222 cm³/mol. The minimum absolute atomic E-state index is 0.0345. The molecule has 0 radical (unpaired) electrons. The first-order chi connectivity index (χ1) is 26.3. The molecular weight excluding hydrogens is 663 g/mol. The average molecular weight is 695 g/mol. The highest BCUT2D eigenvalue weighted by Gasteiger charge is 2.42. The monoisotopic (exact) mass is 694 g/mol. The van der Waals surface area contributed by atoms with Crippen LogP contribution in [0.4, 0.5) is 11.4 Å². The molecule has 2 atom stereocenters. The average Bonchev–Trinajstić information content (AvgIpc) is 3.56. The SMILES string of the molecule is C1=CC2Oc3ccccc3N(c3cc4c5c(c3)-n3c6cccc(-c7ccccc7)c6c6cc(-c7ccccc7)cc(c63)B5c3ccccc3S4)C2C=C1. The first kappa shape index (κ1) is 29.4. The van der Waals surface area contributed by atoms with Crippen LogP contribution in [0.5, 0.6) is 5.75 Å². The van der Waals surface area contributed by atoms with E-state index in [9.17, 15) is 0 Å². The van der Waals surface area contributed by atoms with Gasteiger partial charge in [0.2, 0.25) is 6.71 Å². The lowest BCUT2D eigenvalue weighted by molar-refractivity contribution is 0.218. The lowest BCUT2D eigenvalue weighted by Gasteiger charge is -2.43. The van der Waals surface area contributed by atoms with Crippen LogP contribution >= 0.6 is 11.8 Å². The number of hydrogen-bond acceptors (Lipinski definition) is 3. The molecule has 7 aromatic carbocycles. The second-order valence-electron chi connectivity index (χ2n) is 14.4. The number of ether oxygens (including phenoxy) is 1. The van der Waals surface area contributed by atoms with Gasteiger partial charge >= 0.3 is 0 Å². The Balaban J connectivity index is 1.22. The quantitative estimate of drug-likeness (QED) is 0.172. The summed E-state index contributed by atoms with van der Waals surface area (Å²) in [6, 6.07) is 56.0. The van der Waals surface area contributed by atoms with Crippen molar-refractivity contribution in [3.05, 3.63) is 176 Å². The van der Waals surface area contributed by atoms with E-state index in [0.717, 1.165) is 11.4 Å². The van der Waals surface area contributed by atoms with Crippen molar-refractivity contribution in [1.82, 2.24) is 4.57 Å². The van der Waals surface area contributed by atoms with Gasteiger partial charge < -0.3 is 14.2 Å². The molecule has 12 rings (SSSR count). The number of nitrogens with zero attached hydrogens (tertiary/aromatic N) is 2. The third-order valence-electron chi connectivity index (χ3n) is 11.5. The van der Waals surface area contributed by atoms with Gasteiger partial charge in [-0.05, 0) is 81.7 Å². The van der Waals surface area contributed by atoms with E-state index in [1.807, 2.05) is 11.8 Å². The van der Waals surface area contributed by atoms with Crippen molar-refractivity contribution in [1.29, 1.82) is 0 Å². The molecule has 8 aromatic rings. The van der Waals surface area contributed by atoms with Crippen molar-refractivity contribution in [3.63, 3.8) is 0 Å². The minimum atomic E-state index is -0.0758. The second-order valence-corrected chi connectivity index (χ2v) is 15.4. The second kappa shape index (κ2) is 11.2. The van der Waals surface area contributed by atoms with E-state index in [1.165, 1.54) is 81.6 Å². The fourth-order valence-corrected chi connectivity index (χ4v) is 10.5. The molecule has 0 fully saturated rings. The number of hydrogen-bond donors (Lipinski definition) is 0. The predicted octanol–water partition coefficient (Wildman–Crippen LogP) is 9.81. The molecule has 5 heteroatoms. The van der Waals surface area contributed by atoms with Gasteiger partial charge in [-0.3, -0.25) is 0 Å². The molecule has 3 aliphatic heterocycles. The van der Waals surface area contributed by atoms with E-state index in [1.54, 1.807) is 0 Å². The first-order valence-electron chi connectivity index (χ1n) is 18.4. The lowest BCUT2D eigenvalue weighted by Crippen LogP contribution is -2.58. The van der Waals surface area contributed by atoms with Crippen molar-refractivity contribution in [2.45, 2.75) is 21.9 Å². The normalized spacial score (nSPS) is 17.3. The molecule has 0 N–H and O–H groups in total. The third-order valence-corrected chi connectivity index (χ3v) is 12.7. The summed E-state index contributed by atoms with van der Waals surface area (Å²) >= 11 is 1.91. The van der Waals surface area contributed by atoms with E-state index in [4.69, 9.17) is 4.74 Å². The number of allylic oxidation sites excluding steroid dienone is 2. The maximum atomic E-state index is 6.58. The first-order valence-corrected chi connectivity index (χ1v) is 19.2. The Hall–Kier alpha value is -6.17. The maximum absolute atomic E-state index is 6.58. The number of aromatic nitrogens is 1. The van der Waals surface area contributed by atoms with Crippen LogP contribution in [0.25, 0.3) is 49.7 Å². The highest BCUT2D eigenvalue weighted by Crippen LogP contribution is 2.47. The molecule has 0 spiro atoms. The Morgan fingerprint density at radius 3 is 2.25 bits per heavy atom. The summed E-state index contributed by atoms with van der Waals surface area (Å²) in [6.45, 7) is 0.0943. The molecule has 0 bridgehead atoms. The molecule has 1 aliphatic carbocycles. The van der Waals surface area contributed by atoms with Gasteiger partial charge in [0.05, 0.1) is 17.2 Å². The fourth-order valence-electron chi connectivity index (χ4n) is 9.35. The third kappa shape index (κ3) is 4.20. The summed E-state index contributed by atoms with van der Waals surface area (Å²) < 4.78 is 9.17. The van der Waals surface area contributed by atoms with E-state index >= 15 is 0 Å². The molecule has 1 aromatic heterocycles. The van der Waals surface area contributed by atoms with Crippen LogP contribution in [0.2, 0.25) is 0 Å². The Labute approximate surface area is 312 Å². The van der Waals surface area contributed by atoms with Crippen LogP contribution in [0.3, 0.4) is 0 Å². The Morgan fingerprint density at radius 1 is 0.585 bits per heavy atom. The number of rotatable bonds is 3. The van der Waals surface area contributed by atoms with E-state index in [-0.39, 0.29) is 18.9 Å². The maximum Gasteiger partial charge on any atom is 0.249 e. The number of para-hydroxylation sites is 2. The van der Waals surface area contributed by atoms with Gasteiger partial charge in [-0.25, -0.2) is 0 Å². The zero-order chi connectivity index (χ0) is 34.6. The molecule has 4 aliphatic rings. The highest BCUT2D eigenvalue weighted by atomic mass is 32.2. The standard InChI is InChI=1S/C48H31BN2OS/c1-3-14-30(15-4-1)32-26-35-46-34(31-16-5-2-6-17-31)18-13-22-40(46)51-41-28-33(50-38-20-8-10-23-42(38)52-43-24-11-9-21-39(43)50)29-45-47(41)49(37(27-32)48(35)51)36-19-7-12-25-44(36)53-45/h1-29,38,42H. The van der Waals surface area contributed by atoms with Crippen molar-refractivity contribution in [2.75, 3.05) is 4.90 Å². The van der Waals surface area contributed by atoms with Gasteiger partial charge in [0.25, 0.3) is 0 Å². The van der Waals surface area contributed by atoms with Crippen LogP contribution in [0, 0.1) is 0 Å². The van der Waals surface area contributed by atoms with Crippen LogP contribution in [-0.2, 0) is 0 Å². The zero-order valence-electron chi connectivity index (χ0n) is 28.7. The van der Waals surface area contributed by atoms with E-state index < -0.39 is 0 Å². The highest BCUT2D eigenvalue weighted by molar-refractivity contribution is 8.00. The summed E-state index contributed by atoms with van der Waals surface area (Å²) in [4.78, 5) is 5.13. The summed E-state index contributed by atoms with van der Waals surface area (Å²) in [7, 11) is 0. The van der Waals surface area contributed by atoms with Gasteiger partial charge in [-0.15, -0.1) is 0 Å². The van der Waals surface area contributed by atoms with Crippen molar-refractivity contribution in [2.24, 2.45) is 0 Å². The lowest BCUT2D eigenvalue weighted by atomic mass is 9.35. The largest absolute Gasteiger partial charge is 0.482 e. The van der Waals surface area contributed by atoms with Crippen molar-refractivity contribution < 1.29 is 4.74 Å². The smallest absolute Gasteiger partial charge is 0.249 e. The van der Waals surface area contributed by atoms with Gasteiger partial charge in [-0.1, -0.05) is 145 Å². The molecule has 0 saturated heterocycles. The van der Waals surface area contributed by atoms with E-state index in [0.29, 0.717) is 0 Å². The van der Waals surface area contributed by atoms with Crippen LogP contribution in [0.1, 0.15) is 0 Å². The molecule has 248 valence electrons. The minimum Gasteiger partial charge on any atom is -0.482 e. The summed E-state index contributed by atoms with van der Waals surface area (Å²) in [5, 5.41) is 2.59. The van der Waals surface area contributed by atoms with Crippen molar-refractivity contribution >= 4 is 68.0 Å². The Bertz CT molecular complexity index is 2880. The fraction of sp³-hybridized carbons (Fsp3) is 0.0417. The van der Waals surface area contributed by atoms with E-state index in [2.05, 4.69) is 185 Å². The Kier molecular flexibility index (Phi) is 6.20. The van der Waals surface area contributed by atoms with Gasteiger partial charge in [0.15, 0.2) is 0 Å². The summed E-state index contributed by atoms with van der Waals surface area (Å²) in [5.74, 6) is 0.913. The molecule has 0 amide bonds. The zero-order valence-corrected chi connectivity index (χ0v) is 29.5. The van der Waals surface area contributed by atoms with Crippen LogP contribution < -0.4 is 26.0 Å². The van der Waals surface area contributed by atoms with Gasteiger partial charge in [0, 0.05) is 37.5 Å². The Morgan fingerprint density at radius 2 is 1.36 bits per heavy atom. The van der Waals surface area contributed by atoms with Crippen LogP contribution in [0.15, 0.2) is 186 Å². The number of anilines is 2. The van der Waals surface area contributed by atoms with Crippen molar-refractivity contribution in [3.8, 4) is 33.7 Å². The number of benzene rings is 7. The number of fused-ring (bicyclic) bond motifs is 9. The van der Waals surface area contributed by atoms with Gasteiger partial charge in [0.1, 0.15) is 11.9 Å². The topological polar surface area (TPSA) is 17.4 Å². The van der Waals surface area contributed by atoms with Gasteiger partial charge in [-0.2, -0.15) is 0 Å². The molecule has 0 saturated carbocycles. The molecular formula is C48H31BN2OS. The summed E-state index contributed by atoms with van der Waals surface area (Å²) in [5.41, 5.74) is 15.2. The summed E-state index contributed by atoms with van der Waals surface area (Å²) in [6.07, 6.45) is 8.66. The molecule has 4 heterocycles. The molecule has 53 heavy (non-hydrogen) atoms. The molecule has 2 unspecified atom stereocenters. The van der Waals surface area contributed by atoms with Crippen LogP contribution in [-0.4, -0.2) is 23.4 Å². The molecule has 3 nitrogen and oxygen atoms in total.